The van der Waals surface area contributed by atoms with Crippen LogP contribution >= 0.6 is 7.82 Å². The lowest BCUT2D eigenvalue weighted by Gasteiger charge is -2.30. The average molecular weight is 1460 g/mol. The highest BCUT2D eigenvalue weighted by Crippen LogP contribution is 2.38. The van der Waals surface area contributed by atoms with Crippen molar-refractivity contribution in [1.29, 1.82) is 0 Å². The molecule has 13 amide bonds. The summed E-state index contributed by atoms with van der Waals surface area (Å²) in [4.78, 5) is 242. The van der Waals surface area contributed by atoms with Gasteiger partial charge in [0.05, 0.1) is 25.2 Å². The standard InChI is InChI=1S/C58H99N14O27P/c1-23(2)19-35(67-48(84)31(59)22-73)52(88)63-33(15-18-40(78)79)50(86)69-43(26(7)8)55(91)72-45(30(12)99-100(96,97)98)57(93)64-32(14-17-39(76)77)49(85)61-27(9)46(82)66-37(21-41(80)81)51(87)62-28(10)47(83)71-44(29(11)74)56(92)68-36(20-24(3)4)53(89)70-42(25(5)6)54(90)65-34(58(94)95)13-16-38(60)75/h23-37,42-45,73-74H,13-22,59H2,1-12H3,(H2,60,75)(H,61,85)(H,62,87)(H,63,88)(H,64,93)(H,65,90)(H,66,82)(H,67,84)(H,68,92)(H,69,86)(H,70,89)(H,71,83)(H,72,91)(H,76,77)(H,78,79)(H,80,81)(H,94,95)(H2,96,97,98)/t27-,28-,29+,30+,31-,32-,33-,34-,35-,36-,37-,42-,43-,44-,45-/m0/s1. The molecule has 41 nitrogen and oxygen atoms in total. The fraction of sp³-hybridized carbons (Fsp3) is 0.707. The van der Waals surface area contributed by atoms with E-state index in [1.807, 2.05) is 0 Å². The van der Waals surface area contributed by atoms with Gasteiger partial charge in [0.25, 0.3) is 0 Å². The van der Waals surface area contributed by atoms with Gasteiger partial charge in [-0.05, 0) is 83.5 Å². The van der Waals surface area contributed by atoms with Crippen molar-refractivity contribution in [3.8, 4) is 0 Å². The quantitative estimate of drug-likeness (QED) is 0.0252. The number of phosphoric ester groups is 1. The molecular weight excluding hydrogens is 1360 g/mol. The molecule has 568 valence electrons. The summed E-state index contributed by atoms with van der Waals surface area (Å²) in [5.74, 6) is -23.7. The third-order valence-electron chi connectivity index (χ3n) is 14.5. The lowest BCUT2D eigenvalue weighted by atomic mass is 9.99. The van der Waals surface area contributed by atoms with Crippen molar-refractivity contribution < 1.29 is 131 Å². The zero-order valence-electron chi connectivity index (χ0n) is 57.5. The maximum atomic E-state index is 14.2. The van der Waals surface area contributed by atoms with E-state index in [-0.39, 0.29) is 31.1 Å². The first-order valence-corrected chi connectivity index (χ1v) is 33.2. The fourth-order valence-electron chi connectivity index (χ4n) is 9.06. The van der Waals surface area contributed by atoms with Gasteiger partial charge in [-0.25, -0.2) is 9.36 Å². The van der Waals surface area contributed by atoms with E-state index in [0.29, 0.717) is 0 Å². The minimum Gasteiger partial charge on any atom is -0.481 e. The second-order valence-corrected chi connectivity index (χ2v) is 26.3. The molecule has 0 bridgehead atoms. The Morgan fingerprint density at radius 2 is 0.710 bits per heavy atom. The van der Waals surface area contributed by atoms with E-state index in [1.165, 1.54) is 27.7 Å². The molecule has 15 atom stereocenters. The van der Waals surface area contributed by atoms with Crippen LogP contribution in [-0.4, -0.2) is 238 Å². The van der Waals surface area contributed by atoms with E-state index < -0.39 is 256 Å². The molecule has 0 aliphatic heterocycles. The molecule has 0 saturated heterocycles. The number of aliphatic carboxylic acids is 4. The van der Waals surface area contributed by atoms with Gasteiger partial charge in [-0.3, -0.25) is 81.2 Å². The Morgan fingerprint density at radius 1 is 0.390 bits per heavy atom. The van der Waals surface area contributed by atoms with Gasteiger partial charge in [-0.15, -0.1) is 0 Å². The molecule has 0 aliphatic carbocycles. The number of rotatable bonds is 47. The Morgan fingerprint density at radius 3 is 1.10 bits per heavy atom. The number of hydrogen-bond acceptors (Lipinski definition) is 22. The van der Waals surface area contributed by atoms with Gasteiger partial charge in [-0.1, -0.05) is 55.4 Å². The Bertz CT molecular complexity index is 2970. The van der Waals surface area contributed by atoms with Crippen LogP contribution in [0.25, 0.3) is 0 Å². The number of carboxylic acids is 4. The topological polar surface area (TPSA) is 675 Å². The van der Waals surface area contributed by atoms with Gasteiger partial charge < -0.3 is 116 Å². The SMILES string of the molecule is CC(C)C[C@H](NC(=O)[C@@H](NC(=O)[C@H](C)NC(=O)[C@H](CC(=O)O)NC(=O)[C@H](C)NC(=O)[C@H](CCC(=O)O)NC(=O)[C@@H](NC(=O)[C@@H](NC(=O)[C@H](CCC(=O)O)NC(=O)[C@H](CC(C)C)NC(=O)[C@@H](N)CO)C(C)C)[C@@H](C)OP(=O)(O)O)[C@@H](C)O)C(=O)N[C@H](C(=O)N[C@@H](CCC(N)=O)C(=O)O)C(C)C. The number of primary amides is 1. The molecular formula is C58H99N14O27P. The molecule has 0 heterocycles. The zero-order chi connectivity index (χ0) is 77.5. The van der Waals surface area contributed by atoms with Crippen molar-refractivity contribution in [2.45, 2.75) is 232 Å². The summed E-state index contributed by atoms with van der Waals surface area (Å²) in [5.41, 5.74) is 10.7. The smallest absolute Gasteiger partial charge is 0.469 e. The van der Waals surface area contributed by atoms with E-state index in [9.17, 15) is 126 Å². The summed E-state index contributed by atoms with van der Waals surface area (Å²) in [6.07, 6.45) is -9.03. The van der Waals surface area contributed by atoms with E-state index in [4.69, 9.17) is 11.5 Å². The van der Waals surface area contributed by atoms with E-state index >= 15 is 0 Å². The molecule has 0 saturated carbocycles. The number of carboxylic acid groups (broad SMARTS) is 4. The van der Waals surface area contributed by atoms with E-state index in [1.54, 1.807) is 27.7 Å². The first-order valence-electron chi connectivity index (χ1n) is 31.6. The Kier molecular flexibility index (Phi) is 39.6. The summed E-state index contributed by atoms with van der Waals surface area (Å²) in [7, 11) is -5.57. The molecule has 0 rings (SSSR count). The number of phosphoric acid groups is 1. The van der Waals surface area contributed by atoms with Crippen molar-refractivity contribution in [3.05, 3.63) is 0 Å². The van der Waals surface area contributed by atoms with Gasteiger partial charge in [-0.2, -0.15) is 0 Å². The molecule has 100 heavy (non-hydrogen) atoms. The molecule has 0 aliphatic rings. The van der Waals surface area contributed by atoms with E-state index in [0.717, 1.165) is 27.7 Å². The molecule has 0 aromatic heterocycles. The summed E-state index contributed by atoms with van der Waals surface area (Å²) in [5, 5.41) is 85.2. The summed E-state index contributed by atoms with van der Waals surface area (Å²) in [6, 6.07) is -22.6. The van der Waals surface area contributed by atoms with Gasteiger partial charge in [0.15, 0.2) is 0 Å². The lowest BCUT2D eigenvalue weighted by Crippen LogP contribution is -2.63. The number of nitrogens with two attached hydrogens (primary N) is 2. The molecule has 0 unspecified atom stereocenters. The van der Waals surface area contributed by atoms with Crippen LogP contribution in [0.1, 0.15) is 141 Å². The first-order chi connectivity index (χ1) is 46.0. The Hall–Kier alpha value is -9.02. The molecule has 0 aromatic carbocycles. The Balaban J connectivity index is 6.78. The second-order valence-electron chi connectivity index (χ2n) is 25.2. The number of carbonyl (C=O) groups excluding carboxylic acids is 13. The lowest BCUT2D eigenvalue weighted by molar-refractivity contribution is -0.143. The van der Waals surface area contributed by atoms with Crippen LogP contribution < -0.4 is 75.3 Å². The second kappa shape index (κ2) is 43.5. The monoisotopic (exact) mass is 1450 g/mol. The molecule has 0 spiro atoms. The van der Waals surface area contributed by atoms with Gasteiger partial charge >= 0.3 is 31.7 Å². The normalized spacial score (nSPS) is 16.0. The molecule has 0 radical (unpaired) electrons. The number of aliphatic hydroxyl groups excluding tert-OH is 2. The van der Waals surface area contributed by atoms with E-state index in [2.05, 4.69) is 68.3 Å². The maximum absolute atomic E-state index is 14.2. The fourth-order valence-corrected chi connectivity index (χ4v) is 9.61. The highest BCUT2D eigenvalue weighted by Gasteiger charge is 2.41. The number of hydrogen-bond donors (Lipinski definition) is 22. The maximum Gasteiger partial charge on any atom is 0.469 e. The van der Waals surface area contributed by atoms with Crippen LogP contribution in [0.15, 0.2) is 0 Å². The number of carbonyl (C=O) groups is 17. The van der Waals surface area contributed by atoms with Crippen LogP contribution in [0.2, 0.25) is 0 Å². The van der Waals surface area contributed by atoms with Crippen molar-refractivity contribution in [3.63, 3.8) is 0 Å². The Labute approximate surface area is 575 Å². The highest BCUT2D eigenvalue weighted by atomic mass is 31.2. The van der Waals surface area contributed by atoms with Crippen LogP contribution in [-0.2, 0) is 90.6 Å². The van der Waals surface area contributed by atoms with Crippen LogP contribution in [0.5, 0.6) is 0 Å². The highest BCUT2D eigenvalue weighted by molar-refractivity contribution is 7.46. The van der Waals surface area contributed by atoms with Crippen molar-refractivity contribution in [2.24, 2.45) is 35.1 Å². The predicted molar refractivity (Wildman–Crippen MR) is 344 cm³/mol. The third kappa shape index (κ3) is 34.7. The summed E-state index contributed by atoms with van der Waals surface area (Å²) >= 11 is 0. The average Bonchev–Trinajstić information content (AvgIpc) is 0.846. The molecule has 0 aromatic rings. The van der Waals surface area contributed by atoms with Crippen molar-refractivity contribution in [1.82, 2.24) is 63.8 Å². The summed E-state index contributed by atoms with van der Waals surface area (Å²) in [6.45, 7) is 15.5. The van der Waals surface area contributed by atoms with Gasteiger partial charge in [0, 0.05) is 19.3 Å². The molecule has 24 N–H and O–H groups in total. The zero-order valence-corrected chi connectivity index (χ0v) is 58.4. The molecule has 42 heteroatoms. The third-order valence-corrected chi connectivity index (χ3v) is 15.1. The van der Waals surface area contributed by atoms with Gasteiger partial charge in [0.1, 0.15) is 78.5 Å². The first kappa shape index (κ1) is 91.0. The minimum atomic E-state index is -5.57. The van der Waals surface area contributed by atoms with Crippen LogP contribution in [0.3, 0.4) is 0 Å². The minimum absolute atomic E-state index is 0.0516. The predicted octanol–water partition coefficient (Wildman–Crippen LogP) is -7.00. The van der Waals surface area contributed by atoms with Crippen molar-refractivity contribution in [2.75, 3.05) is 6.61 Å². The largest absolute Gasteiger partial charge is 0.481 e. The van der Waals surface area contributed by atoms with Crippen LogP contribution in [0, 0.1) is 23.7 Å². The van der Waals surface area contributed by atoms with Crippen LogP contribution in [0.4, 0.5) is 0 Å². The summed E-state index contributed by atoms with van der Waals surface area (Å²) < 4.78 is 16.8. The number of nitrogens with one attached hydrogen (secondary N) is 12. The number of aliphatic hydroxyl groups is 2. The number of amides is 13. The van der Waals surface area contributed by atoms with Crippen molar-refractivity contribution >= 4 is 108 Å². The molecule has 0 fully saturated rings. The van der Waals surface area contributed by atoms with Gasteiger partial charge in [0.2, 0.25) is 76.8 Å².